The number of aromatic nitrogens is 1. The summed E-state index contributed by atoms with van der Waals surface area (Å²) in [6.07, 6.45) is 0. The number of thiazole rings is 1. The van der Waals surface area contributed by atoms with Gasteiger partial charge in [0.15, 0.2) is 0 Å². The minimum atomic E-state index is -0.0571. The molecule has 0 aliphatic heterocycles. The van der Waals surface area contributed by atoms with E-state index in [1.165, 1.54) is 16.9 Å². The quantitative estimate of drug-likeness (QED) is 0.770. The highest BCUT2D eigenvalue weighted by Gasteiger charge is 2.16. The predicted octanol–water partition coefficient (Wildman–Crippen LogP) is 4.42. The van der Waals surface area contributed by atoms with Crippen molar-refractivity contribution in [3.63, 3.8) is 0 Å². The van der Waals surface area contributed by atoms with Crippen LogP contribution in [0.15, 0.2) is 41.8 Å². The minimum absolute atomic E-state index is 0.0571. The second kappa shape index (κ2) is 6.42. The molecule has 2 heterocycles. The average molecular weight is 328 g/mol. The first-order valence-corrected chi connectivity index (χ1v) is 8.68. The number of hydrogen-bond acceptors (Lipinski definition) is 4. The number of thiophene rings is 1. The Morgan fingerprint density at radius 2 is 1.95 bits per heavy atom. The molecule has 0 radical (unpaired) electrons. The molecule has 3 aromatic rings. The molecule has 2 aromatic heterocycles. The largest absolute Gasteiger partial charge is 0.347 e. The molecule has 1 N–H and O–H groups in total. The Balaban J connectivity index is 1.71. The molecule has 0 atom stereocenters. The Bertz CT molecular complexity index is 774. The normalized spacial score (nSPS) is 10.6. The molecular formula is C17H16N2OS2. The molecular weight excluding hydrogens is 312 g/mol. The first-order valence-electron chi connectivity index (χ1n) is 6.98. The van der Waals surface area contributed by atoms with Gasteiger partial charge in [-0.2, -0.15) is 0 Å². The fraction of sp³-hybridized carbons (Fsp3) is 0.176. The molecule has 1 amide bonds. The molecule has 0 unspecified atom stereocenters. The predicted molar refractivity (Wildman–Crippen MR) is 92.5 cm³/mol. The van der Waals surface area contributed by atoms with Crippen LogP contribution in [0, 0.1) is 13.8 Å². The molecule has 112 valence electrons. The van der Waals surface area contributed by atoms with E-state index in [0.717, 1.165) is 21.1 Å². The van der Waals surface area contributed by atoms with E-state index in [-0.39, 0.29) is 5.91 Å². The maximum Gasteiger partial charge on any atom is 0.263 e. The third-order valence-electron chi connectivity index (χ3n) is 3.31. The van der Waals surface area contributed by atoms with Crippen molar-refractivity contribution in [1.29, 1.82) is 0 Å². The van der Waals surface area contributed by atoms with Gasteiger partial charge in [-0.05, 0) is 30.9 Å². The Hall–Kier alpha value is -1.98. The number of aryl methyl sites for hydroxylation is 2. The summed E-state index contributed by atoms with van der Waals surface area (Å²) >= 11 is 3.09. The Morgan fingerprint density at radius 1 is 1.18 bits per heavy atom. The topological polar surface area (TPSA) is 42.0 Å². The maximum absolute atomic E-state index is 12.4. The molecule has 22 heavy (non-hydrogen) atoms. The Labute approximate surface area is 137 Å². The van der Waals surface area contributed by atoms with Crippen LogP contribution in [0.25, 0.3) is 9.88 Å². The molecule has 0 fully saturated rings. The molecule has 0 bridgehead atoms. The van der Waals surface area contributed by atoms with Crippen LogP contribution in [0.5, 0.6) is 0 Å². The van der Waals surface area contributed by atoms with Gasteiger partial charge in [0.1, 0.15) is 9.88 Å². The first-order chi connectivity index (χ1) is 10.6. The smallest absolute Gasteiger partial charge is 0.263 e. The van der Waals surface area contributed by atoms with Gasteiger partial charge in [0.05, 0.1) is 10.6 Å². The van der Waals surface area contributed by atoms with Gasteiger partial charge in [0.2, 0.25) is 0 Å². The van der Waals surface area contributed by atoms with Gasteiger partial charge in [-0.25, -0.2) is 4.98 Å². The van der Waals surface area contributed by atoms with Crippen molar-refractivity contribution in [3.05, 3.63) is 63.5 Å². The van der Waals surface area contributed by atoms with Crippen LogP contribution < -0.4 is 5.32 Å². The van der Waals surface area contributed by atoms with Crippen molar-refractivity contribution in [1.82, 2.24) is 10.3 Å². The molecule has 0 aliphatic carbocycles. The van der Waals surface area contributed by atoms with Crippen molar-refractivity contribution < 1.29 is 4.79 Å². The summed E-state index contributed by atoms with van der Waals surface area (Å²) in [5, 5.41) is 5.90. The summed E-state index contributed by atoms with van der Waals surface area (Å²) in [5.74, 6) is -0.0571. The Morgan fingerprint density at radius 3 is 2.64 bits per heavy atom. The fourth-order valence-corrected chi connectivity index (χ4v) is 3.86. The lowest BCUT2D eigenvalue weighted by molar-refractivity contribution is 0.0954. The van der Waals surface area contributed by atoms with Crippen molar-refractivity contribution in [3.8, 4) is 9.88 Å². The van der Waals surface area contributed by atoms with Gasteiger partial charge in [0, 0.05) is 6.54 Å². The van der Waals surface area contributed by atoms with Crippen LogP contribution in [-0.4, -0.2) is 10.9 Å². The summed E-state index contributed by atoms with van der Waals surface area (Å²) in [7, 11) is 0. The first kappa shape index (κ1) is 14.9. The van der Waals surface area contributed by atoms with Gasteiger partial charge < -0.3 is 5.32 Å². The standard InChI is InChI=1S/C17H16N2OS2/c1-11-5-7-13(8-6-11)10-18-16(20)15-12(2)19-17(22-15)14-4-3-9-21-14/h3-9H,10H2,1-2H3,(H,18,20). The summed E-state index contributed by atoms with van der Waals surface area (Å²) in [6.45, 7) is 4.47. The number of rotatable bonds is 4. The summed E-state index contributed by atoms with van der Waals surface area (Å²) in [6, 6.07) is 12.2. The summed E-state index contributed by atoms with van der Waals surface area (Å²) < 4.78 is 0. The van der Waals surface area contributed by atoms with Crippen molar-refractivity contribution in [2.75, 3.05) is 0 Å². The summed E-state index contributed by atoms with van der Waals surface area (Å²) in [5.41, 5.74) is 3.10. The van der Waals surface area contributed by atoms with Crippen LogP contribution >= 0.6 is 22.7 Å². The lowest BCUT2D eigenvalue weighted by atomic mass is 10.1. The molecule has 0 saturated heterocycles. The van der Waals surface area contributed by atoms with E-state index in [1.54, 1.807) is 11.3 Å². The van der Waals surface area contributed by atoms with E-state index in [9.17, 15) is 4.79 Å². The number of benzene rings is 1. The van der Waals surface area contributed by atoms with Crippen LogP contribution in [0.1, 0.15) is 26.5 Å². The second-order valence-electron chi connectivity index (χ2n) is 5.08. The molecule has 0 aliphatic rings. The number of carbonyl (C=O) groups is 1. The highest BCUT2D eigenvalue weighted by molar-refractivity contribution is 7.22. The van der Waals surface area contributed by atoms with Gasteiger partial charge in [0.25, 0.3) is 5.91 Å². The third-order valence-corrected chi connectivity index (χ3v) is 5.50. The lowest BCUT2D eigenvalue weighted by Gasteiger charge is -2.04. The molecule has 1 aromatic carbocycles. The maximum atomic E-state index is 12.4. The van der Waals surface area contributed by atoms with Crippen LogP contribution in [0.2, 0.25) is 0 Å². The Kier molecular flexibility index (Phi) is 4.36. The highest BCUT2D eigenvalue weighted by atomic mass is 32.1. The minimum Gasteiger partial charge on any atom is -0.347 e. The molecule has 3 nitrogen and oxygen atoms in total. The highest BCUT2D eigenvalue weighted by Crippen LogP contribution is 2.30. The van der Waals surface area contributed by atoms with Gasteiger partial charge in [-0.3, -0.25) is 4.79 Å². The SMILES string of the molecule is Cc1ccc(CNC(=O)c2sc(-c3cccs3)nc2C)cc1. The zero-order chi connectivity index (χ0) is 15.5. The zero-order valence-corrected chi connectivity index (χ0v) is 14.1. The zero-order valence-electron chi connectivity index (χ0n) is 12.4. The molecule has 0 spiro atoms. The van der Waals surface area contributed by atoms with Crippen LogP contribution in [0.4, 0.5) is 0 Å². The van der Waals surface area contributed by atoms with E-state index in [0.29, 0.717) is 11.4 Å². The number of amides is 1. The van der Waals surface area contributed by atoms with E-state index in [4.69, 9.17) is 0 Å². The number of carbonyl (C=O) groups excluding carboxylic acids is 1. The monoisotopic (exact) mass is 328 g/mol. The van der Waals surface area contributed by atoms with Crippen molar-refractivity contribution >= 4 is 28.6 Å². The lowest BCUT2D eigenvalue weighted by Crippen LogP contribution is -2.22. The second-order valence-corrected chi connectivity index (χ2v) is 7.03. The third kappa shape index (κ3) is 3.26. The van der Waals surface area contributed by atoms with Crippen LogP contribution in [-0.2, 0) is 6.54 Å². The number of nitrogens with one attached hydrogen (secondary N) is 1. The van der Waals surface area contributed by atoms with Gasteiger partial charge >= 0.3 is 0 Å². The van der Waals surface area contributed by atoms with Gasteiger partial charge in [-0.15, -0.1) is 22.7 Å². The number of nitrogens with zero attached hydrogens (tertiary/aromatic N) is 1. The van der Waals surface area contributed by atoms with Crippen LogP contribution in [0.3, 0.4) is 0 Å². The van der Waals surface area contributed by atoms with E-state index in [2.05, 4.69) is 17.2 Å². The molecule has 5 heteroatoms. The van der Waals surface area contributed by atoms with Crippen molar-refractivity contribution in [2.45, 2.75) is 20.4 Å². The van der Waals surface area contributed by atoms with E-state index >= 15 is 0 Å². The van der Waals surface area contributed by atoms with E-state index < -0.39 is 0 Å². The van der Waals surface area contributed by atoms with Gasteiger partial charge in [-0.1, -0.05) is 35.9 Å². The van der Waals surface area contributed by atoms with E-state index in [1.807, 2.05) is 48.7 Å². The average Bonchev–Trinajstić information content (AvgIpc) is 3.15. The number of hydrogen-bond donors (Lipinski definition) is 1. The fourth-order valence-electron chi connectivity index (χ4n) is 2.08. The molecule has 3 rings (SSSR count). The summed E-state index contributed by atoms with van der Waals surface area (Å²) in [4.78, 5) is 18.7. The van der Waals surface area contributed by atoms with Crippen molar-refractivity contribution in [2.24, 2.45) is 0 Å². The molecule has 0 saturated carbocycles.